The van der Waals surface area contributed by atoms with Crippen LogP contribution >= 0.6 is 0 Å². The number of carbonyl (C=O) groups excluding carboxylic acids is 2. The van der Waals surface area contributed by atoms with E-state index >= 15 is 0 Å². The van der Waals surface area contributed by atoms with Crippen LogP contribution in [0.4, 0.5) is 0 Å². The molecule has 0 radical (unpaired) electrons. The number of aromatic nitrogens is 1. The van der Waals surface area contributed by atoms with Crippen molar-refractivity contribution in [3.05, 3.63) is 36.0 Å². The number of hydrogen-bond acceptors (Lipinski definition) is 4. The van der Waals surface area contributed by atoms with Crippen molar-refractivity contribution >= 4 is 22.6 Å². The molecule has 0 aliphatic rings. The third-order valence-corrected chi connectivity index (χ3v) is 3.48. The minimum Gasteiger partial charge on any atom is -0.383 e. The van der Waals surface area contributed by atoms with Crippen molar-refractivity contribution in [1.29, 1.82) is 5.26 Å². The maximum absolute atomic E-state index is 12.6. The zero-order valence-corrected chi connectivity index (χ0v) is 12.5. The summed E-state index contributed by atoms with van der Waals surface area (Å²) in [7, 11) is 2.98. The van der Waals surface area contributed by atoms with E-state index in [9.17, 15) is 9.59 Å². The van der Waals surface area contributed by atoms with Gasteiger partial charge in [-0.1, -0.05) is 18.2 Å². The molecule has 2 aromatic rings. The fourth-order valence-corrected chi connectivity index (χ4v) is 2.37. The van der Waals surface area contributed by atoms with Gasteiger partial charge in [-0.05, 0) is 12.1 Å². The van der Waals surface area contributed by atoms with E-state index in [2.05, 4.69) is 5.32 Å². The van der Waals surface area contributed by atoms with Crippen molar-refractivity contribution in [3.63, 3.8) is 0 Å². The number of benzene rings is 1. The SMILES string of the molecule is CNC(=O)[C@@H](C#N)C(=O)c1cc2ccccc2n1CCOC. The van der Waals surface area contributed by atoms with E-state index < -0.39 is 17.6 Å². The number of fused-ring (bicyclic) bond motifs is 1. The molecule has 1 N–H and O–H groups in total. The van der Waals surface area contributed by atoms with Crippen molar-refractivity contribution in [2.75, 3.05) is 20.8 Å². The minimum atomic E-state index is -1.35. The number of nitrogens with zero attached hydrogens (tertiary/aromatic N) is 2. The Morgan fingerprint density at radius 3 is 2.77 bits per heavy atom. The van der Waals surface area contributed by atoms with Gasteiger partial charge >= 0.3 is 0 Å². The maximum Gasteiger partial charge on any atom is 0.245 e. The van der Waals surface area contributed by atoms with Crippen molar-refractivity contribution < 1.29 is 14.3 Å². The van der Waals surface area contributed by atoms with Gasteiger partial charge in [0.05, 0.1) is 18.4 Å². The second-order valence-corrected chi connectivity index (χ2v) is 4.77. The van der Waals surface area contributed by atoms with Crippen LogP contribution in [0.5, 0.6) is 0 Å². The van der Waals surface area contributed by atoms with Gasteiger partial charge in [0.15, 0.2) is 5.92 Å². The largest absolute Gasteiger partial charge is 0.383 e. The lowest BCUT2D eigenvalue weighted by Crippen LogP contribution is -2.33. The summed E-state index contributed by atoms with van der Waals surface area (Å²) in [6, 6.07) is 11.0. The van der Waals surface area contributed by atoms with Crippen LogP contribution in [0.3, 0.4) is 0 Å². The molecule has 0 saturated carbocycles. The quantitative estimate of drug-likeness (QED) is 0.644. The summed E-state index contributed by atoms with van der Waals surface area (Å²) in [5.74, 6) is -2.46. The van der Waals surface area contributed by atoms with Crippen LogP contribution in [0.1, 0.15) is 10.5 Å². The molecule has 6 heteroatoms. The van der Waals surface area contributed by atoms with E-state index in [1.165, 1.54) is 7.05 Å². The normalized spacial score (nSPS) is 11.9. The van der Waals surface area contributed by atoms with Crippen molar-refractivity contribution in [2.24, 2.45) is 5.92 Å². The molecule has 0 bridgehead atoms. The lowest BCUT2D eigenvalue weighted by atomic mass is 10.0. The maximum atomic E-state index is 12.6. The third-order valence-electron chi connectivity index (χ3n) is 3.48. The number of methoxy groups -OCH3 is 1. The highest BCUT2D eigenvalue weighted by molar-refractivity contribution is 6.13. The van der Waals surface area contributed by atoms with E-state index in [1.807, 2.05) is 24.3 Å². The Hall–Kier alpha value is -2.65. The molecule has 1 amide bonds. The number of rotatable bonds is 6. The molecule has 0 unspecified atom stereocenters. The lowest BCUT2D eigenvalue weighted by Gasteiger charge is -2.11. The number of ether oxygens (including phenoxy) is 1. The van der Waals surface area contributed by atoms with Crippen molar-refractivity contribution in [3.8, 4) is 6.07 Å². The highest BCUT2D eigenvalue weighted by Crippen LogP contribution is 2.22. The van der Waals surface area contributed by atoms with Gasteiger partial charge in [0.25, 0.3) is 0 Å². The number of amides is 1. The molecule has 2 rings (SSSR count). The lowest BCUT2D eigenvalue weighted by molar-refractivity contribution is -0.121. The standard InChI is InChI=1S/C16H17N3O3/c1-18-16(21)12(10-17)15(20)14-9-11-5-3-4-6-13(11)19(14)7-8-22-2/h3-6,9,12H,7-8H2,1-2H3,(H,18,21)/t12-/m0/s1. The Balaban J connectivity index is 2.51. The number of nitrogens with one attached hydrogen (secondary N) is 1. The van der Waals surface area contributed by atoms with Crippen LogP contribution in [-0.4, -0.2) is 37.0 Å². The molecular formula is C16H17N3O3. The number of Topliss-reactive ketones (excluding diaryl/α,β-unsaturated/α-hetero) is 1. The molecule has 0 saturated heterocycles. The van der Waals surface area contributed by atoms with Gasteiger partial charge in [0.1, 0.15) is 0 Å². The molecule has 1 aromatic carbocycles. The van der Waals surface area contributed by atoms with E-state index in [0.717, 1.165) is 10.9 Å². The Labute approximate surface area is 128 Å². The Kier molecular flexibility index (Phi) is 4.92. The van der Waals surface area contributed by atoms with Gasteiger partial charge in [-0.25, -0.2) is 0 Å². The Morgan fingerprint density at radius 1 is 1.41 bits per heavy atom. The topological polar surface area (TPSA) is 84.1 Å². The molecule has 0 spiro atoms. The first-order chi connectivity index (χ1) is 10.6. The van der Waals surface area contributed by atoms with E-state index in [-0.39, 0.29) is 0 Å². The molecule has 0 fully saturated rings. The summed E-state index contributed by atoms with van der Waals surface area (Å²) in [6.07, 6.45) is 0. The van der Waals surface area contributed by atoms with Crippen LogP contribution in [0, 0.1) is 17.2 Å². The van der Waals surface area contributed by atoms with Crippen molar-refractivity contribution in [2.45, 2.75) is 6.54 Å². The highest BCUT2D eigenvalue weighted by atomic mass is 16.5. The number of carbonyl (C=O) groups is 2. The molecule has 1 heterocycles. The molecular weight excluding hydrogens is 282 g/mol. The zero-order chi connectivity index (χ0) is 16.1. The fraction of sp³-hybridized carbons (Fsp3) is 0.312. The summed E-state index contributed by atoms with van der Waals surface area (Å²) in [4.78, 5) is 24.3. The Morgan fingerprint density at radius 2 is 2.14 bits per heavy atom. The van der Waals surface area contributed by atoms with Gasteiger partial charge < -0.3 is 14.6 Å². The van der Waals surface area contributed by atoms with Crippen LogP contribution in [0.25, 0.3) is 10.9 Å². The molecule has 1 aromatic heterocycles. The van der Waals surface area contributed by atoms with Gasteiger partial charge in [0, 0.05) is 31.6 Å². The highest BCUT2D eigenvalue weighted by Gasteiger charge is 2.29. The first-order valence-electron chi connectivity index (χ1n) is 6.86. The Bertz CT molecular complexity index is 743. The first kappa shape index (κ1) is 15.7. The molecule has 0 aliphatic carbocycles. The average molecular weight is 299 g/mol. The van der Waals surface area contributed by atoms with Gasteiger partial charge in [-0.2, -0.15) is 5.26 Å². The van der Waals surface area contributed by atoms with Gasteiger partial charge in [0.2, 0.25) is 11.7 Å². The van der Waals surface area contributed by atoms with Crippen LogP contribution < -0.4 is 5.32 Å². The van der Waals surface area contributed by atoms with Crippen LogP contribution in [0.2, 0.25) is 0 Å². The van der Waals surface area contributed by atoms with Crippen LogP contribution in [-0.2, 0) is 16.1 Å². The second-order valence-electron chi connectivity index (χ2n) is 4.77. The minimum absolute atomic E-state index is 0.341. The van der Waals surface area contributed by atoms with Crippen molar-refractivity contribution in [1.82, 2.24) is 9.88 Å². The van der Waals surface area contributed by atoms with E-state index in [1.54, 1.807) is 23.8 Å². The van der Waals surface area contributed by atoms with Crippen LogP contribution in [0.15, 0.2) is 30.3 Å². The predicted octanol–water partition coefficient (Wildman–Crippen LogP) is 1.36. The van der Waals surface area contributed by atoms with E-state index in [4.69, 9.17) is 10.00 Å². The summed E-state index contributed by atoms with van der Waals surface area (Å²) in [6.45, 7) is 0.896. The summed E-state index contributed by atoms with van der Waals surface area (Å²) in [5.41, 5.74) is 1.21. The van der Waals surface area contributed by atoms with Gasteiger partial charge in [-0.15, -0.1) is 0 Å². The second kappa shape index (κ2) is 6.87. The number of ketones is 1. The fourth-order valence-electron chi connectivity index (χ4n) is 2.37. The third kappa shape index (κ3) is 2.85. The molecule has 22 heavy (non-hydrogen) atoms. The smallest absolute Gasteiger partial charge is 0.245 e. The van der Waals surface area contributed by atoms with E-state index in [0.29, 0.717) is 18.8 Å². The zero-order valence-electron chi connectivity index (χ0n) is 12.5. The summed E-state index contributed by atoms with van der Waals surface area (Å²) >= 11 is 0. The molecule has 0 aliphatic heterocycles. The number of hydrogen-bond donors (Lipinski definition) is 1. The number of nitriles is 1. The summed E-state index contributed by atoms with van der Waals surface area (Å²) < 4.78 is 6.86. The summed E-state index contributed by atoms with van der Waals surface area (Å²) in [5, 5.41) is 12.4. The molecule has 114 valence electrons. The molecule has 1 atom stereocenters. The predicted molar refractivity (Wildman–Crippen MR) is 81.3 cm³/mol. The number of para-hydroxylation sites is 1. The van der Waals surface area contributed by atoms with Gasteiger partial charge in [-0.3, -0.25) is 9.59 Å². The molecule has 6 nitrogen and oxygen atoms in total. The monoisotopic (exact) mass is 299 g/mol. The average Bonchev–Trinajstić information content (AvgIpc) is 2.91. The first-order valence-corrected chi connectivity index (χ1v) is 6.86.